The number of hydrogen-bond donors (Lipinski definition) is 5. The van der Waals surface area contributed by atoms with Crippen LogP contribution in [0.15, 0.2) is 0 Å². The number of halogens is 1. The number of rotatable bonds is 7. The van der Waals surface area contributed by atoms with E-state index in [9.17, 15) is 9.18 Å². The van der Waals surface area contributed by atoms with Gasteiger partial charge in [-0.25, -0.2) is 4.39 Å². The molecule has 0 aliphatic carbocycles. The number of hydrogen-bond acceptors (Lipinski definition) is 6. The SMILES string of the molecule is O=C(CO)C(O)C(O)C(F)C(O)CCO. The summed E-state index contributed by atoms with van der Waals surface area (Å²) in [6.07, 6.45) is -8.46. The Morgan fingerprint density at radius 3 is 2.13 bits per heavy atom. The first kappa shape index (κ1) is 14.4. The molecule has 4 atom stereocenters. The quantitative estimate of drug-likeness (QED) is 0.323. The molecule has 0 heterocycles. The van der Waals surface area contributed by atoms with Crippen LogP contribution < -0.4 is 0 Å². The molecule has 0 radical (unpaired) electrons. The van der Waals surface area contributed by atoms with Crippen LogP contribution in [0.1, 0.15) is 6.42 Å². The number of Topliss-reactive ketones (excluding diaryl/α,β-unsaturated/α-hetero) is 1. The number of ketones is 1. The molecule has 6 nitrogen and oxygen atoms in total. The lowest BCUT2D eigenvalue weighted by Crippen LogP contribution is -2.46. The fourth-order valence-corrected chi connectivity index (χ4v) is 0.977. The van der Waals surface area contributed by atoms with Gasteiger partial charge < -0.3 is 25.5 Å². The lowest BCUT2D eigenvalue weighted by Gasteiger charge is -2.23. The molecule has 90 valence electrons. The molecular formula is C8H15FO6. The van der Waals surface area contributed by atoms with Crippen molar-refractivity contribution in [2.24, 2.45) is 0 Å². The third-order valence-electron chi connectivity index (χ3n) is 1.93. The summed E-state index contributed by atoms with van der Waals surface area (Å²) >= 11 is 0. The Morgan fingerprint density at radius 1 is 1.20 bits per heavy atom. The standard InChI is InChI=1S/C8H15FO6/c9-6(4(12)1-2-10)8(15)7(14)5(13)3-11/h4,6-8,10-12,14-15H,1-3H2. The van der Waals surface area contributed by atoms with Crippen molar-refractivity contribution < 1.29 is 34.7 Å². The van der Waals surface area contributed by atoms with E-state index in [-0.39, 0.29) is 6.42 Å². The van der Waals surface area contributed by atoms with Crippen LogP contribution in [-0.2, 0) is 4.79 Å². The van der Waals surface area contributed by atoms with E-state index in [2.05, 4.69) is 0 Å². The lowest BCUT2D eigenvalue weighted by atomic mass is 10.00. The predicted molar refractivity (Wildman–Crippen MR) is 46.7 cm³/mol. The maximum Gasteiger partial charge on any atom is 0.189 e. The van der Waals surface area contributed by atoms with E-state index in [1.165, 1.54) is 0 Å². The maximum atomic E-state index is 13.1. The van der Waals surface area contributed by atoms with Crippen molar-refractivity contribution >= 4 is 5.78 Å². The van der Waals surface area contributed by atoms with Crippen molar-refractivity contribution in [2.45, 2.75) is 30.9 Å². The van der Waals surface area contributed by atoms with Gasteiger partial charge in [0.15, 0.2) is 12.0 Å². The smallest absolute Gasteiger partial charge is 0.189 e. The Kier molecular flexibility index (Phi) is 6.53. The van der Waals surface area contributed by atoms with Crippen LogP contribution in [0.4, 0.5) is 4.39 Å². The van der Waals surface area contributed by atoms with E-state index >= 15 is 0 Å². The zero-order valence-electron chi connectivity index (χ0n) is 7.95. The van der Waals surface area contributed by atoms with Crippen LogP contribution in [0.5, 0.6) is 0 Å². The van der Waals surface area contributed by atoms with Gasteiger partial charge in [0.25, 0.3) is 0 Å². The fourth-order valence-electron chi connectivity index (χ4n) is 0.977. The molecule has 0 saturated carbocycles. The van der Waals surface area contributed by atoms with Crippen molar-refractivity contribution in [1.82, 2.24) is 0 Å². The monoisotopic (exact) mass is 226 g/mol. The van der Waals surface area contributed by atoms with Gasteiger partial charge in [-0.15, -0.1) is 0 Å². The van der Waals surface area contributed by atoms with Crippen molar-refractivity contribution in [2.75, 3.05) is 13.2 Å². The van der Waals surface area contributed by atoms with E-state index < -0.39 is 43.5 Å². The minimum Gasteiger partial charge on any atom is -0.396 e. The molecule has 7 heteroatoms. The lowest BCUT2D eigenvalue weighted by molar-refractivity contribution is -0.142. The minimum absolute atomic E-state index is 0.321. The zero-order valence-corrected chi connectivity index (χ0v) is 7.95. The van der Waals surface area contributed by atoms with Crippen LogP contribution in [0.2, 0.25) is 0 Å². The highest BCUT2D eigenvalue weighted by atomic mass is 19.1. The first-order chi connectivity index (χ1) is 6.95. The number of carbonyl (C=O) groups excluding carboxylic acids is 1. The largest absolute Gasteiger partial charge is 0.396 e. The van der Waals surface area contributed by atoms with Crippen molar-refractivity contribution in [1.29, 1.82) is 0 Å². The zero-order chi connectivity index (χ0) is 12.0. The summed E-state index contributed by atoms with van der Waals surface area (Å²) in [6, 6.07) is 0. The Balaban J connectivity index is 4.29. The Labute approximate surface area is 85.6 Å². The van der Waals surface area contributed by atoms with Crippen molar-refractivity contribution in [3.05, 3.63) is 0 Å². The third kappa shape index (κ3) is 4.18. The normalized spacial score (nSPS) is 19.3. The number of aliphatic hydroxyl groups excluding tert-OH is 5. The molecule has 0 aliphatic rings. The molecule has 5 N–H and O–H groups in total. The molecule has 0 aromatic heterocycles. The molecular weight excluding hydrogens is 211 g/mol. The Hall–Kier alpha value is -0.600. The predicted octanol–water partition coefficient (Wildman–Crippen LogP) is -2.65. The topological polar surface area (TPSA) is 118 Å². The summed E-state index contributed by atoms with van der Waals surface area (Å²) in [5, 5.41) is 43.8. The molecule has 0 amide bonds. The Bertz CT molecular complexity index is 200. The fraction of sp³-hybridized carbons (Fsp3) is 0.875. The number of aliphatic hydroxyl groups is 5. The molecule has 0 bridgehead atoms. The highest BCUT2D eigenvalue weighted by Gasteiger charge is 2.34. The van der Waals surface area contributed by atoms with Gasteiger partial charge in [0.1, 0.15) is 18.8 Å². The highest BCUT2D eigenvalue weighted by molar-refractivity contribution is 5.84. The van der Waals surface area contributed by atoms with Gasteiger partial charge in [-0.2, -0.15) is 0 Å². The Morgan fingerprint density at radius 2 is 1.73 bits per heavy atom. The minimum atomic E-state index is -2.26. The molecule has 0 saturated heterocycles. The molecule has 15 heavy (non-hydrogen) atoms. The van der Waals surface area contributed by atoms with Gasteiger partial charge in [0.2, 0.25) is 0 Å². The first-order valence-electron chi connectivity index (χ1n) is 4.38. The second kappa shape index (κ2) is 6.81. The average Bonchev–Trinajstić information content (AvgIpc) is 2.25. The van der Waals surface area contributed by atoms with Crippen LogP contribution >= 0.6 is 0 Å². The van der Waals surface area contributed by atoms with Gasteiger partial charge in [-0.1, -0.05) is 0 Å². The van der Waals surface area contributed by atoms with Gasteiger partial charge in [-0.3, -0.25) is 4.79 Å². The van der Waals surface area contributed by atoms with Gasteiger partial charge in [0.05, 0.1) is 6.10 Å². The molecule has 0 spiro atoms. The van der Waals surface area contributed by atoms with Crippen LogP contribution in [-0.4, -0.2) is 69.0 Å². The van der Waals surface area contributed by atoms with E-state index in [0.717, 1.165) is 0 Å². The third-order valence-corrected chi connectivity index (χ3v) is 1.93. The summed E-state index contributed by atoms with van der Waals surface area (Å²) in [5.74, 6) is -1.14. The van der Waals surface area contributed by atoms with E-state index in [1.54, 1.807) is 0 Å². The molecule has 0 aromatic carbocycles. The van der Waals surface area contributed by atoms with Crippen molar-refractivity contribution in [3.8, 4) is 0 Å². The summed E-state index contributed by atoms with van der Waals surface area (Å²) in [6.45, 7) is -1.51. The summed E-state index contributed by atoms with van der Waals surface area (Å²) in [7, 11) is 0. The molecule has 0 fully saturated rings. The molecule has 0 rings (SSSR count). The van der Waals surface area contributed by atoms with E-state index in [0.29, 0.717) is 0 Å². The summed E-state index contributed by atoms with van der Waals surface area (Å²) in [5.41, 5.74) is 0. The molecule has 4 unspecified atom stereocenters. The number of alkyl halides is 1. The van der Waals surface area contributed by atoms with Crippen LogP contribution in [0, 0.1) is 0 Å². The van der Waals surface area contributed by atoms with Gasteiger partial charge >= 0.3 is 0 Å². The van der Waals surface area contributed by atoms with E-state index in [1.807, 2.05) is 0 Å². The average molecular weight is 226 g/mol. The second-order valence-electron chi connectivity index (χ2n) is 3.08. The van der Waals surface area contributed by atoms with Crippen LogP contribution in [0.3, 0.4) is 0 Å². The summed E-state index contributed by atoms with van der Waals surface area (Å²) in [4.78, 5) is 10.7. The second-order valence-corrected chi connectivity index (χ2v) is 3.08. The number of carbonyl (C=O) groups is 1. The van der Waals surface area contributed by atoms with Gasteiger partial charge in [0, 0.05) is 6.61 Å². The highest BCUT2D eigenvalue weighted by Crippen LogP contribution is 2.12. The summed E-state index contributed by atoms with van der Waals surface area (Å²) < 4.78 is 13.1. The van der Waals surface area contributed by atoms with Crippen LogP contribution in [0.25, 0.3) is 0 Å². The van der Waals surface area contributed by atoms with Gasteiger partial charge in [-0.05, 0) is 6.42 Å². The van der Waals surface area contributed by atoms with E-state index in [4.69, 9.17) is 25.5 Å². The molecule has 0 aliphatic heterocycles. The maximum absolute atomic E-state index is 13.1. The van der Waals surface area contributed by atoms with Crippen molar-refractivity contribution in [3.63, 3.8) is 0 Å². The first-order valence-corrected chi connectivity index (χ1v) is 4.38. The molecule has 0 aromatic rings.